The monoisotopic (exact) mass is 266 g/mol. The quantitative estimate of drug-likeness (QED) is 0.808. The van der Waals surface area contributed by atoms with Crippen LogP contribution in [0.1, 0.15) is 20.8 Å². The molecule has 0 spiro atoms. The number of hydrogen-bond acceptors (Lipinski definition) is 3. The SMILES string of the molecule is CC1OC(C)C(C(=O)Nc2ccc(N)c(F)c2)C1C. The Kier molecular flexibility index (Phi) is 3.75. The Hall–Kier alpha value is -1.62. The number of hydrogen-bond donors (Lipinski definition) is 2. The van der Waals surface area contributed by atoms with Gasteiger partial charge in [-0.05, 0) is 38.0 Å². The summed E-state index contributed by atoms with van der Waals surface area (Å²) >= 11 is 0. The minimum absolute atomic E-state index is 0.0499. The van der Waals surface area contributed by atoms with Crippen LogP contribution in [0.5, 0.6) is 0 Å². The first-order valence-electron chi connectivity index (χ1n) is 6.41. The van der Waals surface area contributed by atoms with Crippen LogP contribution in [0.3, 0.4) is 0 Å². The number of rotatable bonds is 2. The van der Waals surface area contributed by atoms with E-state index in [0.29, 0.717) is 5.69 Å². The number of halogens is 1. The van der Waals surface area contributed by atoms with Crippen LogP contribution in [0.2, 0.25) is 0 Å². The average molecular weight is 266 g/mol. The Labute approximate surface area is 112 Å². The fraction of sp³-hybridized carbons (Fsp3) is 0.500. The number of ether oxygens (including phenoxy) is 1. The summed E-state index contributed by atoms with van der Waals surface area (Å²) in [4.78, 5) is 12.2. The molecule has 4 nitrogen and oxygen atoms in total. The van der Waals surface area contributed by atoms with E-state index < -0.39 is 5.82 Å². The molecule has 1 aromatic rings. The lowest BCUT2D eigenvalue weighted by atomic mass is 9.89. The van der Waals surface area contributed by atoms with Gasteiger partial charge in [-0.1, -0.05) is 6.92 Å². The van der Waals surface area contributed by atoms with E-state index in [9.17, 15) is 9.18 Å². The van der Waals surface area contributed by atoms with Crippen LogP contribution in [0, 0.1) is 17.7 Å². The van der Waals surface area contributed by atoms with Crippen molar-refractivity contribution >= 4 is 17.3 Å². The average Bonchev–Trinajstić information content (AvgIpc) is 2.58. The van der Waals surface area contributed by atoms with Gasteiger partial charge in [-0.2, -0.15) is 0 Å². The largest absolute Gasteiger partial charge is 0.396 e. The lowest BCUT2D eigenvalue weighted by molar-refractivity contribution is -0.121. The zero-order chi connectivity index (χ0) is 14.2. The standard InChI is InChI=1S/C14H19FN2O2/c1-7-8(2)19-9(3)13(7)14(18)17-10-4-5-12(16)11(15)6-10/h4-9,13H,16H2,1-3H3,(H,17,18). The molecule has 4 unspecified atom stereocenters. The van der Waals surface area contributed by atoms with Gasteiger partial charge >= 0.3 is 0 Å². The highest BCUT2D eigenvalue weighted by atomic mass is 19.1. The number of nitrogens with one attached hydrogen (secondary N) is 1. The maximum absolute atomic E-state index is 13.3. The van der Waals surface area contributed by atoms with Crippen molar-refractivity contribution in [3.05, 3.63) is 24.0 Å². The van der Waals surface area contributed by atoms with Gasteiger partial charge in [-0.3, -0.25) is 4.79 Å². The second-order valence-corrected chi connectivity index (χ2v) is 5.16. The summed E-state index contributed by atoms with van der Waals surface area (Å²) in [5, 5.41) is 2.72. The predicted octanol–water partition coefficient (Wildman–Crippen LogP) is 2.41. The van der Waals surface area contributed by atoms with E-state index in [1.165, 1.54) is 12.1 Å². The Balaban J connectivity index is 2.10. The first kappa shape index (κ1) is 13.8. The van der Waals surface area contributed by atoms with Gasteiger partial charge in [-0.15, -0.1) is 0 Å². The van der Waals surface area contributed by atoms with E-state index in [1.54, 1.807) is 6.07 Å². The van der Waals surface area contributed by atoms with Crippen LogP contribution in [0.15, 0.2) is 18.2 Å². The number of nitrogens with two attached hydrogens (primary N) is 1. The van der Waals surface area contributed by atoms with Crippen molar-refractivity contribution in [3.63, 3.8) is 0 Å². The van der Waals surface area contributed by atoms with Gasteiger partial charge in [0.1, 0.15) is 5.82 Å². The number of carbonyl (C=O) groups is 1. The van der Waals surface area contributed by atoms with Crippen molar-refractivity contribution in [2.45, 2.75) is 33.0 Å². The minimum Gasteiger partial charge on any atom is -0.396 e. The van der Waals surface area contributed by atoms with Gasteiger partial charge in [0, 0.05) is 5.69 Å². The van der Waals surface area contributed by atoms with E-state index >= 15 is 0 Å². The summed E-state index contributed by atoms with van der Waals surface area (Å²) in [6.07, 6.45) is -0.0856. The molecule has 4 atom stereocenters. The topological polar surface area (TPSA) is 64.3 Å². The molecule has 19 heavy (non-hydrogen) atoms. The first-order chi connectivity index (χ1) is 8.90. The summed E-state index contributed by atoms with van der Waals surface area (Å²) in [7, 11) is 0. The molecule has 0 saturated carbocycles. The molecular weight excluding hydrogens is 247 g/mol. The Bertz CT molecular complexity index is 492. The second-order valence-electron chi connectivity index (χ2n) is 5.16. The molecule has 0 bridgehead atoms. The first-order valence-corrected chi connectivity index (χ1v) is 6.41. The molecule has 1 aliphatic rings. The summed E-state index contributed by atoms with van der Waals surface area (Å²) in [5.74, 6) is -0.771. The van der Waals surface area contributed by atoms with Crippen molar-refractivity contribution in [1.29, 1.82) is 0 Å². The summed E-state index contributed by atoms with van der Waals surface area (Å²) in [6, 6.07) is 4.25. The molecule has 1 saturated heterocycles. The maximum atomic E-state index is 13.3. The molecule has 1 aromatic carbocycles. The molecule has 3 N–H and O–H groups in total. The lowest BCUT2D eigenvalue weighted by Crippen LogP contribution is -2.32. The van der Waals surface area contributed by atoms with Crippen molar-refractivity contribution < 1.29 is 13.9 Å². The predicted molar refractivity (Wildman–Crippen MR) is 72.1 cm³/mol. The van der Waals surface area contributed by atoms with Gasteiger partial charge in [-0.25, -0.2) is 4.39 Å². The van der Waals surface area contributed by atoms with Gasteiger partial charge in [0.15, 0.2) is 0 Å². The molecule has 2 rings (SSSR count). The zero-order valence-corrected chi connectivity index (χ0v) is 11.3. The fourth-order valence-corrected chi connectivity index (χ4v) is 2.55. The lowest BCUT2D eigenvalue weighted by Gasteiger charge is -2.18. The van der Waals surface area contributed by atoms with E-state index in [2.05, 4.69) is 5.32 Å². The second kappa shape index (κ2) is 5.17. The number of nitrogen functional groups attached to an aromatic ring is 1. The summed E-state index contributed by atoms with van der Waals surface area (Å²) in [5.41, 5.74) is 5.88. The smallest absolute Gasteiger partial charge is 0.230 e. The third-order valence-electron chi connectivity index (χ3n) is 3.81. The van der Waals surface area contributed by atoms with Crippen LogP contribution in [0.25, 0.3) is 0 Å². The molecule has 1 heterocycles. The highest BCUT2D eigenvalue weighted by Crippen LogP contribution is 2.33. The molecule has 1 fully saturated rings. The third-order valence-corrected chi connectivity index (χ3v) is 3.81. The van der Waals surface area contributed by atoms with E-state index in [-0.39, 0.29) is 35.6 Å². The number of anilines is 2. The van der Waals surface area contributed by atoms with Crippen LogP contribution >= 0.6 is 0 Å². The molecule has 5 heteroatoms. The summed E-state index contributed by atoms with van der Waals surface area (Å²) < 4.78 is 19.0. The van der Waals surface area contributed by atoms with Crippen molar-refractivity contribution in [2.24, 2.45) is 11.8 Å². The van der Waals surface area contributed by atoms with Crippen molar-refractivity contribution in [3.8, 4) is 0 Å². The number of amides is 1. The van der Waals surface area contributed by atoms with Crippen LogP contribution in [0.4, 0.5) is 15.8 Å². The van der Waals surface area contributed by atoms with Gasteiger partial charge in [0.05, 0.1) is 23.8 Å². The molecule has 0 aliphatic carbocycles. The van der Waals surface area contributed by atoms with E-state index in [4.69, 9.17) is 10.5 Å². The van der Waals surface area contributed by atoms with Crippen LogP contribution < -0.4 is 11.1 Å². The molecule has 1 amide bonds. The van der Waals surface area contributed by atoms with Gasteiger partial charge < -0.3 is 15.8 Å². The van der Waals surface area contributed by atoms with Crippen LogP contribution in [-0.2, 0) is 9.53 Å². The Morgan fingerprint density at radius 2 is 2.00 bits per heavy atom. The molecule has 0 aromatic heterocycles. The van der Waals surface area contributed by atoms with Crippen molar-refractivity contribution in [1.82, 2.24) is 0 Å². The maximum Gasteiger partial charge on any atom is 0.230 e. The molecule has 104 valence electrons. The normalized spacial score (nSPS) is 30.3. The zero-order valence-electron chi connectivity index (χ0n) is 11.3. The highest BCUT2D eigenvalue weighted by Gasteiger charge is 2.41. The minimum atomic E-state index is -0.532. The molecule has 0 radical (unpaired) electrons. The highest BCUT2D eigenvalue weighted by molar-refractivity contribution is 5.93. The van der Waals surface area contributed by atoms with E-state index in [1.807, 2.05) is 20.8 Å². The number of carbonyl (C=O) groups excluding carboxylic acids is 1. The van der Waals surface area contributed by atoms with Gasteiger partial charge in [0.2, 0.25) is 5.91 Å². The summed E-state index contributed by atoms with van der Waals surface area (Å²) in [6.45, 7) is 5.83. The number of benzene rings is 1. The molecular formula is C14H19FN2O2. The van der Waals surface area contributed by atoms with Crippen molar-refractivity contribution in [2.75, 3.05) is 11.1 Å². The van der Waals surface area contributed by atoms with Crippen LogP contribution in [-0.4, -0.2) is 18.1 Å². The van der Waals surface area contributed by atoms with Gasteiger partial charge in [0.25, 0.3) is 0 Å². The third kappa shape index (κ3) is 2.71. The Morgan fingerprint density at radius 1 is 1.32 bits per heavy atom. The van der Waals surface area contributed by atoms with E-state index in [0.717, 1.165) is 0 Å². The Morgan fingerprint density at radius 3 is 2.53 bits per heavy atom. The fourth-order valence-electron chi connectivity index (χ4n) is 2.55. The molecule has 1 aliphatic heterocycles.